The highest BCUT2D eigenvalue weighted by atomic mass is 16.1. The monoisotopic (exact) mass is 313 g/mol. The van der Waals surface area contributed by atoms with Crippen molar-refractivity contribution in [2.24, 2.45) is 17.6 Å². The number of piperidine rings is 1. The third kappa shape index (κ3) is 2.26. The van der Waals surface area contributed by atoms with E-state index in [4.69, 9.17) is 11.5 Å². The molecule has 4 heteroatoms. The predicted molar refractivity (Wildman–Crippen MR) is 92.3 cm³/mol. The van der Waals surface area contributed by atoms with Crippen LogP contribution >= 0.6 is 0 Å². The molecular formula is C19H27N3O. The number of hydrogen-bond acceptors (Lipinski definition) is 3. The number of benzene rings is 1. The molecule has 0 radical (unpaired) electrons. The van der Waals surface area contributed by atoms with E-state index in [1.54, 1.807) is 0 Å². The van der Waals surface area contributed by atoms with Gasteiger partial charge in [0.25, 0.3) is 5.91 Å². The molecule has 3 atom stereocenters. The zero-order valence-electron chi connectivity index (χ0n) is 14.1. The number of nitrogens with zero attached hydrogens (tertiary/aromatic N) is 1. The Morgan fingerprint density at radius 2 is 2.13 bits per heavy atom. The van der Waals surface area contributed by atoms with Crippen LogP contribution in [0.1, 0.15) is 54.6 Å². The number of rotatable bonds is 3. The van der Waals surface area contributed by atoms with Crippen molar-refractivity contribution in [3.05, 3.63) is 28.8 Å². The van der Waals surface area contributed by atoms with E-state index < -0.39 is 5.91 Å². The van der Waals surface area contributed by atoms with Crippen molar-refractivity contribution in [1.29, 1.82) is 0 Å². The third-order valence-corrected chi connectivity index (χ3v) is 6.74. The van der Waals surface area contributed by atoms with Crippen molar-refractivity contribution in [2.45, 2.75) is 51.0 Å². The van der Waals surface area contributed by atoms with Crippen LogP contribution in [0.5, 0.6) is 0 Å². The SMILES string of the molecule is CC1[C@H]2Cc3cc(N)c(C(N)=O)cc3[C@]1(C)CCN2CC1CC1. The van der Waals surface area contributed by atoms with Gasteiger partial charge in [0.2, 0.25) is 0 Å². The smallest absolute Gasteiger partial charge is 0.250 e. The average molecular weight is 313 g/mol. The molecule has 2 bridgehead atoms. The topological polar surface area (TPSA) is 72.3 Å². The van der Waals surface area contributed by atoms with Gasteiger partial charge in [-0.25, -0.2) is 0 Å². The highest BCUT2D eigenvalue weighted by Crippen LogP contribution is 2.50. The van der Waals surface area contributed by atoms with E-state index in [0.29, 0.717) is 23.2 Å². The number of hydrogen-bond donors (Lipinski definition) is 2. The van der Waals surface area contributed by atoms with E-state index in [1.807, 2.05) is 12.1 Å². The second-order valence-electron chi connectivity index (χ2n) is 8.13. The van der Waals surface area contributed by atoms with Crippen LogP contribution in [0, 0.1) is 11.8 Å². The molecule has 1 saturated heterocycles. The predicted octanol–water partition coefficient (Wildman–Crippen LogP) is 2.30. The second kappa shape index (κ2) is 4.97. The number of nitrogen functional groups attached to an aromatic ring is 1. The largest absolute Gasteiger partial charge is 0.398 e. The van der Waals surface area contributed by atoms with Gasteiger partial charge in [0.15, 0.2) is 0 Å². The van der Waals surface area contributed by atoms with Crippen molar-refractivity contribution in [3.8, 4) is 0 Å². The summed E-state index contributed by atoms with van der Waals surface area (Å²) in [4.78, 5) is 14.4. The number of likely N-dealkylation sites (tertiary alicyclic amines) is 1. The van der Waals surface area contributed by atoms with E-state index in [0.717, 1.165) is 25.3 Å². The van der Waals surface area contributed by atoms with Crippen molar-refractivity contribution in [1.82, 2.24) is 4.90 Å². The van der Waals surface area contributed by atoms with E-state index in [-0.39, 0.29) is 5.41 Å². The number of amides is 1. The summed E-state index contributed by atoms with van der Waals surface area (Å²) in [6.07, 6.45) is 5.00. The van der Waals surface area contributed by atoms with Gasteiger partial charge < -0.3 is 11.5 Å². The molecule has 2 fully saturated rings. The van der Waals surface area contributed by atoms with E-state index in [9.17, 15) is 4.79 Å². The summed E-state index contributed by atoms with van der Waals surface area (Å²) in [6.45, 7) is 7.16. The Labute approximate surface area is 138 Å². The molecule has 4 N–H and O–H groups in total. The van der Waals surface area contributed by atoms with Crippen LogP contribution in [0.3, 0.4) is 0 Å². The van der Waals surface area contributed by atoms with Crippen molar-refractivity contribution >= 4 is 11.6 Å². The van der Waals surface area contributed by atoms with Gasteiger partial charge in [-0.15, -0.1) is 0 Å². The molecule has 1 saturated carbocycles. The molecule has 1 aliphatic heterocycles. The number of carbonyl (C=O) groups excluding carboxylic acids is 1. The first-order valence-electron chi connectivity index (χ1n) is 8.87. The minimum atomic E-state index is -0.421. The van der Waals surface area contributed by atoms with Gasteiger partial charge in [0.05, 0.1) is 5.56 Å². The van der Waals surface area contributed by atoms with E-state index in [2.05, 4.69) is 18.7 Å². The summed E-state index contributed by atoms with van der Waals surface area (Å²) in [6, 6.07) is 4.59. The van der Waals surface area contributed by atoms with Crippen molar-refractivity contribution in [3.63, 3.8) is 0 Å². The fraction of sp³-hybridized carbons (Fsp3) is 0.632. The summed E-state index contributed by atoms with van der Waals surface area (Å²) < 4.78 is 0. The fourth-order valence-electron chi connectivity index (χ4n) is 4.86. The van der Waals surface area contributed by atoms with Gasteiger partial charge in [0, 0.05) is 18.3 Å². The normalized spacial score (nSPS) is 33.3. The molecule has 0 spiro atoms. The first kappa shape index (κ1) is 15.0. The van der Waals surface area contributed by atoms with Crippen LogP contribution in [-0.4, -0.2) is 29.9 Å². The number of primary amides is 1. The quantitative estimate of drug-likeness (QED) is 0.841. The van der Waals surface area contributed by atoms with Crippen molar-refractivity contribution in [2.75, 3.05) is 18.8 Å². The first-order valence-corrected chi connectivity index (χ1v) is 8.87. The molecule has 1 aromatic carbocycles. The van der Waals surface area contributed by atoms with E-state index in [1.165, 1.54) is 30.5 Å². The van der Waals surface area contributed by atoms with Crippen LogP contribution in [0.2, 0.25) is 0 Å². The Kier molecular flexibility index (Phi) is 3.24. The highest BCUT2D eigenvalue weighted by molar-refractivity contribution is 5.98. The molecule has 0 aromatic heterocycles. The van der Waals surface area contributed by atoms with Gasteiger partial charge in [-0.3, -0.25) is 9.69 Å². The molecule has 1 aromatic rings. The average Bonchev–Trinajstić information content (AvgIpc) is 3.29. The molecule has 4 rings (SSSR count). The summed E-state index contributed by atoms with van der Waals surface area (Å²) in [5.74, 6) is 1.09. The maximum Gasteiger partial charge on any atom is 0.250 e. The Bertz CT molecular complexity index is 667. The number of fused-ring (bicyclic) bond motifs is 4. The lowest BCUT2D eigenvalue weighted by Crippen LogP contribution is -2.58. The number of nitrogens with two attached hydrogens (primary N) is 2. The molecule has 2 aliphatic carbocycles. The minimum Gasteiger partial charge on any atom is -0.398 e. The number of anilines is 1. The van der Waals surface area contributed by atoms with Crippen LogP contribution in [0.4, 0.5) is 5.69 Å². The molecule has 1 unspecified atom stereocenters. The Balaban J connectivity index is 1.75. The molecule has 1 amide bonds. The summed E-state index contributed by atoms with van der Waals surface area (Å²) in [5, 5.41) is 0. The fourth-order valence-corrected chi connectivity index (χ4v) is 4.86. The van der Waals surface area contributed by atoms with E-state index >= 15 is 0 Å². The van der Waals surface area contributed by atoms with Gasteiger partial charge in [-0.1, -0.05) is 13.8 Å². The second-order valence-corrected chi connectivity index (χ2v) is 8.13. The Hall–Kier alpha value is -1.55. The molecule has 23 heavy (non-hydrogen) atoms. The van der Waals surface area contributed by atoms with Gasteiger partial charge in [-0.05, 0) is 72.7 Å². The lowest BCUT2D eigenvalue weighted by atomic mass is 9.58. The lowest BCUT2D eigenvalue weighted by Gasteiger charge is -2.55. The molecule has 4 nitrogen and oxygen atoms in total. The first-order chi connectivity index (χ1) is 10.9. The minimum absolute atomic E-state index is 0.121. The lowest BCUT2D eigenvalue weighted by molar-refractivity contribution is 0.0284. The zero-order chi connectivity index (χ0) is 16.4. The molecule has 124 valence electrons. The molecule has 3 aliphatic rings. The summed E-state index contributed by atoms with van der Waals surface area (Å²) in [5.41, 5.74) is 15.3. The number of carbonyl (C=O) groups is 1. The molecular weight excluding hydrogens is 286 g/mol. The standard InChI is InChI=1S/C19H27N3O/c1-11-17-8-13-7-16(20)14(18(21)23)9-15(13)19(11,2)5-6-22(17)10-12-3-4-12/h7,9,11-12,17H,3-6,8,10,20H2,1-2H3,(H2,21,23)/t11?,17-,19-/m1/s1. The third-order valence-electron chi connectivity index (χ3n) is 6.74. The van der Waals surface area contributed by atoms with Crippen LogP contribution < -0.4 is 11.5 Å². The zero-order valence-corrected chi connectivity index (χ0v) is 14.1. The van der Waals surface area contributed by atoms with Gasteiger partial charge >= 0.3 is 0 Å². The maximum atomic E-state index is 11.7. The molecule has 1 heterocycles. The van der Waals surface area contributed by atoms with Crippen LogP contribution in [-0.2, 0) is 11.8 Å². The summed E-state index contributed by atoms with van der Waals surface area (Å²) >= 11 is 0. The van der Waals surface area contributed by atoms with Crippen LogP contribution in [0.15, 0.2) is 12.1 Å². The van der Waals surface area contributed by atoms with Gasteiger partial charge in [0.1, 0.15) is 0 Å². The summed E-state index contributed by atoms with van der Waals surface area (Å²) in [7, 11) is 0. The maximum absolute atomic E-state index is 11.7. The van der Waals surface area contributed by atoms with Gasteiger partial charge in [-0.2, -0.15) is 0 Å². The van der Waals surface area contributed by atoms with Crippen LogP contribution in [0.25, 0.3) is 0 Å². The Morgan fingerprint density at radius 3 is 2.78 bits per heavy atom. The highest BCUT2D eigenvalue weighted by Gasteiger charge is 2.49. The Morgan fingerprint density at radius 1 is 1.39 bits per heavy atom. The van der Waals surface area contributed by atoms with Crippen molar-refractivity contribution < 1.29 is 4.79 Å².